The lowest BCUT2D eigenvalue weighted by atomic mass is 9.97. The maximum absolute atomic E-state index is 13.1. The van der Waals surface area contributed by atoms with Crippen LogP contribution < -0.4 is 0 Å². The summed E-state index contributed by atoms with van der Waals surface area (Å²) < 4.78 is 19.0. The predicted molar refractivity (Wildman–Crippen MR) is 79.2 cm³/mol. The Bertz CT molecular complexity index is 632. The maximum Gasteiger partial charge on any atom is 0.232 e. The zero-order chi connectivity index (χ0) is 14.8. The molecule has 1 fully saturated rings. The third-order valence-corrected chi connectivity index (χ3v) is 4.57. The van der Waals surface area contributed by atoms with Gasteiger partial charge >= 0.3 is 0 Å². The second kappa shape index (κ2) is 6.23. The molecule has 6 heteroatoms. The first-order valence-electron chi connectivity index (χ1n) is 7.12. The molecule has 0 radical (unpaired) electrons. The smallest absolute Gasteiger partial charge is 0.232 e. The van der Waals surface area contributed by atoms with E-state index < -0.39 is 6.10 Å². The molecule has 1 aliphatic carbocycles. The van der Waals surface area contributed by atoms with Crippen molar-refractivity contribution in [2.75, 3.05) is 0 Å². The highest BCUT2D eigenvalue weighted by atomic mass is 79.9. The Morgan fingerprint density at radius 3 is 2.86 bits per heavy atom. The van der Waals surface area contributed by atoms with E-state index in [9.17, 15) is 9.50 Å². The number of aromatic nitrogens is 2. The number of hydrogen-bond donors (Lipinski definition) is 1. The van der Waals surface area contributed by atoms with Crippen molar-refractivity contribution in [3.63, 3.8) is 0 Å². The Kier molecular flexibility index (Phi) is 4.35. The molecule has 1 heterocycles. The van der Waals surface area contributed by atoms with Gasteiger partial charge in [-0.3, -0.25) is 0 Å². The summed E-state index contributed by atoms with van der Waals surface area (Å²) >= 11 is 3.30. The topological polar surface area (TPSA) is 59.2 Å². The van der Waals surface area contributed by atoms with Gasteiger partial charge in [-0.25, -0.2) is 4.39 Å². The molecule has 1 aliphatic rings. The van der Waals surface area contributed by atoms with Crippen LogP contribution in [-0.4, -0.2) is 21.4 Å². The highest BCUT2D eigenvalue weighted by Gasteiger charge is 2.28. The number of benzene rings is 1. The lowest BCUT2D eigenvalue weighted by molar-refractivity contribution is 0.119. The molecule has 2 unspecified atom stereocenters. The van der Waals surface area contributed by atoms with Gasteiger partial charge in [0.2, 0.25) is 11.7 Å². The number of aliphatic hydroxyl groups is 1. The minimum atomic E-state index is -0.433. The largest absolute Gasteiger partial charge is 0.392 e. The Morgan fingerprint density at radius 2 is 2.05 bits per heavy atom. The monoisotopic (exact) mass is 354 g/mol. The summed E-state index contributed by atoms with van der Waals surface area (Å²) in [5.74, 6) is 0.449. The Hall–Kier alpha value is -1.27. The van der Waals surface area contributed by atoms with Crippen molar-refractivity contribution in [2.45, 2.75) is 44.1 Å². The fraction of sp³-hybridized carbons (Fsp3) is 0.467. The van der Waals surface area contributed by atoms with Crippen LogP contribution in [0.3, 0.4) is 0 Å². The Labute approximate surface area is 130 Å². The molecule has 0 amide bonds. The van der Waals surface area contributed by atoms with Crippen molar-refractivity contribution in [2.24, 2.45) is 0 Å². The van der Waals surface area contributed by atoms with Crippen LogP contribution in [0, 0.1) is 5.82 Å². The first-order valence-corrected chi connectivity index (χ1v) is 7.91. The molecule has 0 spiro atoms. The summed E-state index contributed by atoms with van der Waals surface area (Å²) in [4.78, 5) is 4.40. The SMILES string of the molecule is OC1CCCCCC1c1nc(-c2ccc(F)cc2Br)no1. The normalized spacial score (nSPS) is 23.0. The van der Waals surface area contributed by atoms with E-state index in [0.717, 1.165) is 32.1 Å². The first kappa shape index (κ1) is 14.7. The molecule has 1 aromatic carbocycles. The van der Waals surface area contributed by atoms with Gasteiger partial charge < -0.3 is 9.63 Å². The molecule has 21 heavy (non-hydrogen) atoms. The van der Waals surface area contributed by atoms with Crippen LogP contribution in [0.4, 0.5) is 4.39 Å². The molecule has 2 aromatic rings. The van der Waals surface area contributed by atoms with E-state index in [0.29, 0.717) is 21.8 Å². The van der Waals surface area contributed by atoms with Crippen molar-refractivity contribution in [1.29, 1.82) is 0 Å². The maximum atomic E-state index is 13.1. The van der Waals surface area contributed by atoms with E-state index in [1.165, 1.54) is 12.1 Å². The number of hydrogen-bond acceptors (Lipinski definition) is 4. The molecule has 3 rings (SSSR count). The van der Waals surface area contributed by atoms with Gasteiger partial charge in [-0.2, -0.15) is 4.98 Å². The lowest BCUT2D eigenvalue weighted by Crippen LogP contribution is -2.17. The standard InChI is InChI=1S/C15H16BrFN2O2/c16-12-8-9(17)6-7-10(12)14-18-15(21-19-14)11-4-2-1-3-5-13(11)20/h6-8,11,13,20H,1-5H2. The fourth-order valence-corrected chi connectivity index (χ4v) is 3.27. The Balaban J connectivity index is 1.88. The molecule has 4 nitrogen and oxygen atoms in total. The molecule has 0 saturated heterocycles. The Morgan fingerprint density at radius 1 is 1.24 bits per heavy atom. The zero-order valence-electron chi connectivity index (χ0n) is 11.4. The fourth-order valence-electron chi connectivity index (χ4n) is 2.74. The van der Waals surface area contributed by atoms with Gasteiger partial charge in [-0.1, -0.05) is 24.4 Å². The molecule has 1 aromatic heterocycles. The lowest BCUT2D eigenvalue weighted by Gasteiger charge is -2.15. The van der Waals surface area contributed by atoms with Gasteiger partial charge in [-0.05, 0) is 47.0 Å². The molecule has 2 atom stereocenters. The van der Waals surface area contributed by atoms with Crippen molar-refractivity contribution < 1.29 is 14.0 Å². The quantitative estimate of drug-likeness (QED) is 0.826. The van der Waals surface area contributed by atoms with Crippen LogP contribution >= 0.6 is 15.9 Å². The van der Waals surface area contributed by atoms with E-state index in [4.69, 9.17) is 4.52 Å². The number of aliphatic hydroxyl groups excluding tert-OH is 1. The van der Waals surface area contributed by atoms with E-state index in [1.807, 2.05) is 0 Å². The summed E-state index contributed by atoms with van der Waals surface area (Å²) in [6.45, 7) is 0. The summed E-state index contributed by atoms with van der Waals surface area (Å²) in [6, 6.07) is 4.33. The van der Waals surface area contributed by atoms with E-state index in [-0.39, 0.29) is 11.7 Å². The van der Waals surface area contributed by atoms with Gasteiger partial charge in [-0.15, -0.1) is 0 Å². The number of rotatable bonds is 2. The van der Waals surface area contributed by atoms with Crippen LogP contribution in [-0.2, 0) is 0 Å². The average Bonchev–Trinajstić information content (AvgIpc) is 2.82. The average molecular weight is 355 g/mol. The van der Waals surface area contributed by atoms with Crippen molar-refractivity contribution in [1.82, 2.24) is 10.1 Å². The van der Waals surface area contributed by atoms with Crippen LogP contribution in [0.15, 0.2) is 27.2 Å². The van der Waals surface area contributed by atoms with Crippen molar-refractivity contribution >= 4 is 15.9 Å². The van der Waals surface area contributed by atoms with Gasteiger partial charge in [0, 0.05) is 10.0 Å². The van der Waals surface area contributed by atoms with Gasteiger partial charge in [0.1, 0.15) is 5.82 Å². The molecule has 1 N–H and O–H groups in total. The van der Waals surface area contributed by atoms with E-state index in [2.05, 4.69) is 26.1 Å². The minimum Gasteiger partial charge on any atom is -0.392 e. The molecule has 1 saturated carbocycles. The van der Waals surface area contributed by atoms with Crippen molar-refractivity contribution in [3.8, 4) is 11.4 Å². The van der Waals surface area contributed by atoms with Crippen molar-refractivity contribution in [3.05, 3.63) is 34.4 Å². The number of halogens is 2. The van der Waals surface area contributed by atoms with E-state index >= 15 is 0 Å². The van der Waals surface area contributed by atoms with Gasteiger partial charge in [0.05, 0.1) is 12.0 Å². The summed E-state index contributed by atoms with van der Waals surface area (Å²) in [6.07, 6.45) is 4.40. The summed E-state index contributed by atoms with van der Waals surface area (Å²) in [5, 5.41) is 14.2. The first-order chi connectivity index (χ1) is 10.1. The third-order valence-electron chi connectivity index (χ3n) is 3.91. The van der Waals surface area contributed by atoms with Crippen LogP contribution in [0.5, 0.6) is 0 Å². The van der Waals surface area contributed by atoms with Crippen LogP contribution in [0.2, 0.25) is 0 Å². The number of nitrogens with zero attached hydrogens (tertiary/aromatic N) is 2. The van der Waals surface area contributed by atoms with Crippen LogP contribution in [0.1, 0.15) is 43.9 Å². The molecule has 112 valence electrons. The highest BCUT2D eigenvalue weighted by Crippen LogP contribution is 2.33. The highest BCUT2D eigenvalue weighted by molar-refractivity contribution is 9.10. The third kappa shape index (κ3) is 3.16. The van der Waals surface area contributed by atoms with Gasteiger partial charge in [0.25, 0.3) is 0 Å². The predicted octanol–water partition coefficient (Wildman–Crippen LogP) is 4.05. The minimum absolute atomic E-state index is 0.104. The molecular weight excluding hydrogens is 339 g/mol. The van der Waals surface area contributed by atoms with Crippen LogP contribution in [0.25, 0.3) is 11.4 Å². The molecular formula is C15H16BrFN2O2. The second-order valence-corrected chi connectivity index (χ2v) is 6.25. The van der Waals surface area contributed by atoms with E-state index in [1.54, 1.807) is 6.07 Å². The zero-order valence-corrected chi connectivity index (χ0v) is 13.0. The summed E-state index contributed by atoms with van der Waals surface area (Å²) in [5.41, 5.74) is 0.675. The molecule has 0 bridgehead atoms. The van der Waals surface area contributed by atoms with Gasteiger partial charge in [0.15, 0.2) is 0 Å². The second-order valence-electron chi connectivity index (χ2n) is 5.39. The summed E-state index contributed by atoms with van der Waals surface area (Å²) in [7, 11) is 0. The molecule has 0 aliphatic heterocycles.